The van der Waals surface area contributed by atoms with Crippen molar-refractivity contribution in [2.75, 3.05) is 0 Å². The van der Waals surface area contributed by atoms with E-state index in [1.807, 2.05) is 12.1 Å². The van der Waals surface area contributed by atoms with Crippen LogP contribution in [0.5, 0.6) is 11.8 Å². The monoisotopic (exact) mass is 411 g/mol. The maximum atomic E-state index is 10.9. The van der Waals surface area contributed by atoms with Gasteiger partial charge in [-0.25, -0.2) is 4.79 Å². The Hall–Kier alpha value is -1.86. The number of oxazole rings is 1. The molecular formula is C14H7Br2NO4. The Bertz CT molecular complexity index is 844. The topological polar surface area (TPSA) is 72.6 Å². The van der Waals surface area contributed by atoms with Crippen LogP contribution in [0.4, 0.5) is 0 Å². The summed E-state index contributed by atoms with van der Waals surface area (Å²) in [7, 11) is 0. The van der Waals surface area contributed by atoms with Gasteiger partial charge in [-0.3, -0.25) is 0 Å². The normalized spacial score (nSPS) is 10.8. The molecule has 2 aromatic carbocycles. The van der Waals surface area contributed by atoms with Gasteiger partial charge in [0.15, 0.2) is 5.58 Å². The van der Waals surface area contributed by atoms with Crippen molar-refractivity contribution in [3.8, 4) is 11.8 Å². The molecule has 106 valence electrons. The van der Waals surface area contributed by atoms with E-state index in [2.05, 4.69) is 36.8 Å². The molecule has 21 heavy (non-hydrogen) atoms. The number of benzene rings is 2. The largest absolute Gasteiger partial charge is 0.478 e. The van der Waals surface area contributed by atoms with Crippen molar-refractivity contribution >= 4 is 48.9 Å². The molecule has 5 nitrogen and oxygen atoms in total. The van der Waals surface area contributed by atoms with Crippen molar-refractivity contribution in [1.82, 2.24) is 4.98 Å². The third kappa shape index (κ3) is 2.93. The van der Waals surface area contributed by atoms with Gasteiger partial charge in [0.05, 0.1) is 10.0 Å². The highest BCUT2D eigenvalue weighted by molar-refractivity contribution is 9.11. The summed E-state index contributed by atoms with van der Waals surface area (Å²) in [5, 5.41) is 8.94. The van der Waals surface area contributed by atoms with E-state index in [0.717, 1.165) is 8.95 Å². The number of aromatic carboxylic acids is 1. The predicted octanol–water partition coefficient (Wildman–Crippen LogP) is 4.84. The van der Waals surface area contributed by atoms with Crippen molar-refractivity contribution in [1.29, 1.82) is 0 Å². The van der Waals surface area contributed by atoms with Crippen molar-refractivity contribution in [3.63, 3.8) is 0 Å². The molecule has 0 spiro atoms. The fourth-order valence-electron chi connectivity index (χ4n) is 1.73. The van der Waals surface area contributed by atoms with Gasteiger partial charge in [-0.15, -0.1) is 0 Å². The van der Waals surface area contributed by atoms with Gasteiger partial charge >= 0.3 is 12.0 Å². The second-order valence-corrected chi connectivity index (χ2v) is 5.91. The number of hydrogen-bond donors (Lipinski definition) is 1. The van der Waals surface area contributed by atoms with Crippen molar-refractivity contribution in [2.45, 2.75) is 0 Å². The molecule has 0 saturated heterocycles. The summed E-state index contributed by atoms with van der Waals surface area (Å²) < 4.78 is 12.6. The Morgan fingerprint density at radius 3 is 2.71 bits per heavy atom. The van der Waals surface area contributed by atoms with Gasteiger partial charge in [0.1, 0.15) is 11.3 Å². The number of nitrogens with zero attached hydrogens (tertiary/aromatic N) is 1. The Balaban J connectivity index is 1.95. The van der Waals surface area contributed by atoms with Gasteiger partial charge in [-0.05, 0) is 52.3 Å². The van der Waals surface area contributed by atoms with E-state index in [0.29, 0.717) is 16.8 Å². The fraction of sp³-hybridized carbons (Fsp3) is 0. The molecular weight excluding hydrogens is 406 g/mol. The third-order valence-electron chi connectivity index (χ3n) is 2.71. The van der Waals surface area contributed by atoms with E-state index in [-0.39, 0.29) is 11.6 Å². The highest BCUT2D eigenvalue weighted by Crippen LogP contribution is 2.33. The summed E-state index contributed by atoms with van der Waals surface area (Å²) in [5.41, 5.74) is 1.02. The average Bonchev–Trinajstić information content (AvgIpc) is 2.83. The van der Waals surface area contributed by atoms with Crippen LogP contribution >= 0.6 is 31.9 Å². The predicted molar refractivity (Wildman–Crippen MR) is 82.9 cm³/mol. The molecule has 0 aliphatic carbocycles. The molecule has 3 rings (SSSR count). The van der Waals surface area contributed by atoms with Crippen LogP contribution in [0.3, 0.4) is 0 Å². The minimum Gasteiger partial charge on any atom is -0.478 e. The molecule has 0 fully saturated rings. The highest BCUT2D eigenvalue weighted by atomic mass is 79.9. The molecule has 1 N–H and O–H groups in total. The minimum atomic E-state index is -1.02. The van der Waals surface area contributed by atoms with E-state index in [1.54, 1.807) is 12.1 Å². The summed E-state index contributed by atoms with van der Waals surface area (Å²) in [6.45, 7) is 0. The van der Waals surface area contributed by atoms with Crippen LogP contribution in [0.1, 0.15) is 10.4 Å². The molecule has 0 atom stereocenters. The molecule has 0 saturated carbocycles. The number of hydrogen-bond acceptors (Lipinski definition) is 4. The molecule has 1 aromatic heterocycles. The Kier molecular flexibility index (Phi) is 3.69. The zero-order chi connectivity index (χ0) is 15.0. The van der Waals surface area contributed by atoms with Gasteiger partial charge in [0.2, 0.25) is 0 Å². The number of carboxylic acid groups (broad SMARTS) is 1. The molecule has 7 heteroatoms. The van der Waals surface area contributed by atoms with Gasteiger partial charge in [-0.1, -0.05) is 15.9 Å². The highest BCUT2D eigenvalue weighted by Gasteiger charge is 2.12. The van der Waals surface area contributed by atoms with Crippen LogP contribution in [0.15, 0.2) is 49.8 Å². The lowest BCUT2D eigenvalue weighted by molar-refractivity contribution is 0.0697. The second-order valence-electron chi connectivity index (χ2n) is 4.14. The van der Waals surface area contributed by atoms with E-state index < -0.39 is 5.97 Å². The summed E-state index contributed by atoms with van der Waals surface area (Å²) in [4.78, 5) is 15.1. The Morgan fingerprint density at radius 2 is 2.00 bits per heavy atom. The van der Waals surface area contributed by atoms with E-state index in [9.17, 15) is 4.79 Å². The first-order valence-electron chi connectivity index (χ1n) is 5.80. The molecule has 1 heterocycles. The lowest BCUT2D eigenvalue weighted by atomic mass is 10.2. The first kappa shape index (κ1) is 14.1. The van der Waals surface area contributed by atoms with Gasteiger partial charge in [-0.2, -0.15) is 4.98 Å². The molecule has 0 aliphatic heterocycles. The molecule has 0 bridgehead atoms. The minimum absolute atomic E-state index is 0.0514. The first-order valence-corrected chi connectivity index (χ1v) is 7.38. The van der Waals surface area contributed by atoms with Gasteiger partial charge < -0.3 is 14.3 Å². The molecule has 0 aliphatic rings. The Labute approximate surface area is 135 Å². The summed E-state index contributed by atoms with van der Waals surface area (Å²) in [6.07, 6.45) is 0.0514. The maximum Gasteiger partial charge on any atom is 0.400 e. The zero-order valence-corrected chi connectivity index (χ0v) is 13.5. The maximum absolute atomic E-state index is 10.9. The number of carbonyl (C=O) groups is 1. The zero-order valence-electron chi connectivity index (χ0n) is 10.3. The van der Waals surface area contributed by atoms with Crippen molar-refractivity contribution in [3.05, 3.63) is 50.9 Å². The molecule has 0 radical (unpaired) electrons. The van der Waals surface area contributed by atoms with E-state index in [4.69, 9.17) is 14.3 Å². The number of halogens is 2. The van der Waals surface area contributed by atoms with Crippen LogP contribution in [-0.2, 0) is 0 Å². The summed E-state index contributed by atoms with van der Waals surface area (Å²) >= 11 is 6.73. The lowest BCUT2D eigenvalue weighted by Crippen LogP contribution is -1.94. The summed E-state index contributed by atoms with van der Waals surface area (Å²) in [6, 6.07) is 9.87. The quantitative estimate of drug-likeness (QED) is 0.666. The van der Waals surface area contributed by atoms with Crippen molar-refractivity contribution < 1.29 is 19.1 Å². The van der Waals surface area contributed by atoms with Crippen LogP contribution in [0, 0.1) is 0 Å². The number of carboxylic acids is 1. The lowest BCUT2D eigenvalue weighted by Gasteiger charge is -2.03. The molecule has 0 amide bonds. The average molecular weight is 413 g/mol. The SMILES string of the molecule is O=C(O)c1ccc2nc(Oc3ccc(Br)cc3Br)oc2c1. The van der Waals surface area contributed by atoms with Crippen LogP contribution in [-0.4, -0.2) is 16.1 Å². The van der Waals surface area contributed by atoms with Crippen LogP contribution < -0.4 is 4.74 Å². The first-order chi connectivity index (χ1) is 10.0. The van der Waals surface area contributed by atoms with Crippen LogP contribution in [0.25, 0.3) is 11.1 Å². The number of aromatic nitrogens is 1. The molecule has 0 unspecified atom stereocenters. The number of ether oxygens (including phenoxy) is 1. The number of fused-ring (bicyclic) bond motifs is 1. The number of rotatable bonds is 3. The van der Waals surface area contributed by atoms with Gasteiger partial charge in [0.25, 0.3) is 0 Å². The van der Waals surface area contributed by atoms with Crippen LogP contribution in [0.2, 0.25) is 0 Å². The third-order valence-corrected chi connectivity index (χ3v) is 3.82. The standard InChI is InChI=1S/C14H7Br2NO4/c15-8-2-4-11(9(16)6-8)20-14-17-10-3-1-7(13(18)19)5-12(10)21-14/h1-6H,(H,18,19). The second kappa shape index (κ2) is 5.50. The van der Waals surface area contributed by atoms with Gasteiger partial charge in [0, 0.05) is 4.47 Å². The van der Waals surface area contributed by atoms with E-state index in [1.165, 1.54) is 12.1 Å². The summed E-state index contributed by atoms with van der Waals surface area (Å²) in [5.74, 6) is -0.477. The molecule has 3 aromatic rings. The van der Waals surface area contributed by atoms with E-state index >= 15 is 0 Å². The fourth-order valence-corrected chi connectivity index (χ4v) is 2.86. The smallest absolute Gasteiger partial charge is 0.400 e. The van der Waals surface area contributed by atoms with Crippen molar-refractivity contribution in [2.24, 2.45) is 0 Å². The Morgan fingerprint density at radius 1 is 1.19 bits per heavy atom.